The summed E-state index contributed by atoms with van der Waals surface area (Å²) in [7, 11) is 1.57. The first-order valence-electron chi connectivity index (χ1n) is 6.81. The van der Waals surface area contributed by atoms with Crippen molar-refractivity contribution in [1.29, 1.82) is 0 Å². The maximum Gasteiger partial charge on any atom is 0.257 e. The predicted octanol–water partition coefficient (Wildman–Crippen LogP) is 2.63. The number of hydrogen-bond donors (Lipinski definition) is 0. The van der Waals surface area contributed by atoms with E-state index in [1.165, 1.54) is 0 Å². The largest absolute Gasteiger partial charge is 0.496 e. The number of rotatable bonds is 3. The molecule has 21 heavy (non-hydrogen) atoms. The Hall–Kier alpha value is -2.01. The molecule has 2 heterocycles. The fourth-order valence-electron chi connectivity index (χ4n) is 2.65. The van der Waals surface area contributed by atoms with Crippen molar-refractivity contribution in [2.24, 2.45) is 0 Å². The predicted molar refractivity (Wildman–Crippen MR) is 79.8 cm³/mol. The van der Waals surface area contributed by atoms with Crippen LogP contribution in [0.2, 0.25) is 5.02 Å². The third kappa shape index (κ3) is 2.74. The van der Waals surface area contributed by atoms with Crippen LogP contribution in [0.15, 0.2) is 36.7 Å². The summed E-state index contributed by atoms with van der Waals surface area (Å²) in [6.45, 7) is 1.34. The zero-order chi connectivity index (χ0) is 14.8. The van der Waals surface area contributed by atoms with Gasteiger partial charge in [0.15, 0.2) is 0 Å². The van der Waals surface area contributed by atoms with Crippen LogP contribution in [0.3, 0.4) is 0 Å². The number of benzene rings is 1. The van der Waals surface area contributed by atoms with Crippen LogP contribution in [0, 0.1) is 0 Å². The van der Waals surface area contributed by atoms with Crippen molar-refractivity contribution in [1.82, 2.24) is 14.7 Å². The number of likely N-dealkylation sites (tertiary alicyclic amines) is 1. The van der Waals surface area contributed by atoms with E-state index in [-0.39, 0.29) is 11.9 Å². The van der Waals surface area contributed by atoms with Gasteiger partial charge in [-0.05, 0) is 18.6 Å². The molecule has 0 N–H and O–H groups in total. The molecule has 1 atom stereocenters. The summed E-state index contributed by atoms with van der Waals surface area (Å²) in [5, 5.41) is 4.84. The second kappa shape index (κ2) is 5.77. The third-order valence-electron chi connectivity index (χ3n) is 3.73. The van der Waals surface area contributed by atoms with Crippen LogP contribution >= 0.6 is 11.6 Å². The molecule has 0 radical (unpaired) electrons. The molecule has 0 saturated carbocycles. The first kappa shape index (κ1) is 13.9. The van der Waals surface area contributed by atoms with E-state index >= 15 is 0 Å². The number of ether oxygens (including phenoxy) is 1. The topological polar surface area (TPSA) is 47.4 Å². The maximum absolute atomic E-state index is 12.6. The molecule has 1 aromatic heterocycles. The molecular weight excluding hydrogens is 290 g/mol. The Balaban J connectivity index is 1.75. The summed E-state index contributed by atoms with van der Waals surface area (Å²) in [5.41, 5.74) is 0.596. The Bertz CT molecular complexity index is 656. The van der Waals surface area contributed by atoms with Gasteiger partial charge in [-0.25, -0.2) is 0 Å². The third-order valence-corrected chi connectivity index (χ3v) is 3.93. The van der Waals surface area contributed by atoms with Gasteiger partial charge in [0.25, 0.3) is 5.91 Å². The van der Waals surface area contributed by atoms with E-state index < -0.39 is 0 Å². The van der Waals surface area contributed by atoms with Gasteiger partial charge in [0.1, 0.15) is 5.75 Å². The zero-order valence-electron chi connectivity index (χ0n) is 11.7. The normalized spacial score (nSPS) is 18.0. The van der Waals surface area contributed by atoms with Gasteiger partial charge >= 0.3 is 0 Å². The van der Waals surface area contributed by atoms with Gasteiger partial charge in [0.2, 0.25) is 0 Å². The van der Waals surface area contributed by atoms with Gasteiger partial charge in [-0.15, -0.1) is 0 Å². The Morgan fingerprint density at radius 1 is 1.43 bits per heavy atom. The second-order valence-corrected chi connectivity index (χ2v) is 5.47. The molecule has 1 aliphatic heterocycles. The van der Waals surface area contributed by atoms with Gasteiger partial charge in [0, 0.05) is 19.3 Å². The van der Waals surface area contributed by atoms with Crippen molar-refractivity contribution in [3.05, 3.63) is 47.2 Å². The van der Waals surface area contributed by atoms with E-state index in [9.17, 15) is 4.79 Å². The van der Waals surface area contributed by atoms with Crippen molar-refractivity contribution < 1.29 is 9.53 Å². The van der Waals surface area contributed by atoms with Crippen LogP contribution in [0.25, 0.3) is 0 Å². The quantitative estimate of drug-likeness (QED) is 0.876. The number of amides is 1. The van der Waals surface area contributed by atoms with Crippen LogP contribution in [-0.2, 0) is 0 Å². The number of carbonyl (C=O) groups excluding carboxylic acids is 1. The molecule has 6 heteroatoms. The van der Waals surface area contributed by atoms with E-state index in [0.29, 0.717) is 29.4 Å². The number of nitrogens with zero attached hydrogens (tertiary/aromatic N) is 3. The first-order valence-corrected chi connectivity index (χ1v) is 7.19. The SMILES string of the molecule is COc1ccccc1C(=O)N1CCC(n2cc(Cl)cn2)C1. The van der Waals surface area contributed by atoms with Crippen LogP contribution in [-0.4, -0.2) is 40.8 Å². The average molecular weight is 306 g/mol. The maximum atomic E-state index is 12.6. The van der Waals surface area contributed by atoms with Gasteiger partial charge in [-0.1, -0.05) is 23.7 Å². The van der Waals surface area contributed by atoms with Gasteiger partial charge < -0.3 is 9.64 Å². The van der Waals surface area contributed by atoms with Crippen molar-refractivity contribution in [3.8, 4) is 5.75 Å². The molecule has 3 rings (SSSR count). The van der Waals surface area contributed by atoms with E-state index in [1.807, 2.05) is 21.7 Å². The minimum absolute atomic E-state index is 0.00629. The summed E-state index contributed by atoms with van der Waals surface area (Å²) in [5.74, 6) is 0.598. The highest BCUT2D eigenvalue weighted by Gasteiger charge is 2.29. The lowest BCUT2D eigenvalue weighted by Crippen LogP contribution is -2.29. The average Bonchev–Trinajstić information content (AvgIpc) is 3.15. The molecule has 1 unspecified atom stereocenters. The van der Waals surface area contributed by atoms with E-state index in [4.69, 9.17) is 16.3 Å². The highest BCUT2D eigenvalue weighted by Crippen LogP contribution is 2.26. The van der Waals surface area contributed by atoms with E-state index in [0.717, 1.165) is 6.42 Å². The molecule has 2 aromatic rings. The van der Waals surface area contributed by atoms with Crippen molar-refractivity contribution >= 4 is 17.5 Å². The lowest BCUT2D eigenvalue weighted by atomic mass is 10.2. The molecule has 5 nitrogen and oxygen atoms in total. The number of para-hydroxylation sites is 1. The molecule has 1 saturated heterocycles. The fraction of sp³-hybridized carbons (Fsp3) is 0.333. The van der Waals surface area contributed by atoms with Crippen molar-refractivity contribution in [2.45, 2.75) is 12.5 Å². The Kier molecular flexibility index (Phi) is 3.84. The fourth-order valence-corrected chi connectivity index (χ4v) is 2.79. The Morgan fingerprint density at radius 3 is 2.95 bits per heavy atom. The molecule has 1 aliphatic rings. The number of methoxy groups -OCH3 is 1. The van der Waals surface area contributed by atoms with E-state index in [2.05, 4.69) is 5.10 Å². The molecule has 110 valence electrons. The summed E-state index contributed by atoms with van der Waals surface area (Å²) >= 11 is 5.89. The lowest BCUT2D eigenvalue weighted by Gasteiger charge is -2.18. The zero-order valence-corrected chi connectivity index (χ0v) is 12.5. The smallest absolute Gasteiger partial charge is 0.257 e. The molecule has 0 bridgehead atoms. The minimum atomic E-state index is -0.00629. The molecular formula is C15H16ClN3O2. The standard InChI is InChI=1S/C15H16ClN3O2/c1-21-14-5-3-2-4-13(14)15(20)18-7-6-12(10-18)19-9-11(16)8-17-19/h2-5,8-9,12H,6-7,10H2,1H3. The van der Waals surface area contributed by atoms with Gasteiger partial charge in [0.05, 0.1) is 29.9 Å². The number of hydrogen-bond acceptors (Lipinski definition) is 3. The Morgan fingerprint density at radius 2 is 2.24 bits per heavy atom. The monoisotopic (exact) mass is 305 g/mol. The summed E-state index contributed by atoms with van der Waals surface area (Å²) in [6, 6.07) is 7.47. The van der Waals surface area contributed by atoms with Crippen LogP contribution < -0.4 is 4.74 Å². The van der Waals surface area contributed by atoms with Crippen molar-refractivity contribution in [3.63, 3.8) is 0 Å². The number of halogens is 1. The molecule has 1 aromatic carbocycles. The highest BCUT2D eigenvalue weighted by molar-refractivity contribution is 6.30. The number of aromatic nitrogens is 2. The summed E-state index contributed by atoms with van der Waals surface area (Å²) in [4.78, 5) is 14.4. The molecule has 1 amide bonds. The van der Waals surface area contributed by atoms with Gasteiger partial charge in [-0.3, -0.25) is 9.48 Å². The first-order chi connectivity index (χ1) is 10.2. The lowest BCUT2D eigenvalue weighted by molar-refractivity contribution is 0.0783. The summed E-state index contributed by atoms with van der Waals surface area (Å²) in [6.07, 6.45) is 4.29. The van der Waals surface area contributed by atoms with Crippen LogP contribution in [0.4, 0.5) is 0 Å². The highest BCUT2D eigenvalue weighted by atomic mass is 35.5. The number of carbonyl (C=O) groups is 1. The van der Waals surface area contributed by atoms with E-state index in [1.54, 1.807) is 31.6 Å². The summed E-state index contributed by atoms with van der Waals surface area (Å²) < 4.78 is 7.09. The Labute approximate surface area is 128 Å². The molecule has 0 spiro atoms. The molecule has 0 aliphatic carbocycles. The van der Waals surface area contributed by atoms with Crippen molar-refractivity contribution in [2.75, 3.05) is 20.2 Å². The second-order valence-electron chi connectivity index (χ2n) is 5.03. The molecule has 1 fully saturated rings. The van der Waals surface area contributed by atoms with Crippen LogP contribution in [0.5, 0.6) is 5.75 Å². The minimum Gasteiger partial charge on any atom is -0.496 e. The van der Waals surface area contributed by atoms with Gasteiger partial charge in [-0.2, -0.15) is 5.10 Å². The van der Waals surface area contributed by atoms with Crippen LogP contribution in [0.1, 0.15) is 22.8 Å².